The van der Waals surface area contributed by atoms with Crippen molar-refractivity contribution in [2.45, 2.75) is 0 Å². The van der Waals surface area contributed by atoms with Crippen LogP contribution in [-0.2, 0) is 0 Å². The summed E-state index contributed by atoms with van der Waals surface area (Å²) in [4.78, 5) is 18.9. The Hall–Kier alpha value is -3.37. The summed E-state index contributed by atoms with van der Waals surface area (Å²) in [5, 5.41) is 21.0. The smallest absolute Gasteiger partial charge is 0.271 e. The normalized spacial score (nSPS) is 11.5. The number of aliphatic imine (C=N–C) groups is 1. The molecule has 4 aromatic rings. The molecule has 1 N–H and O–H groups in total. The molecular formula is C20H9BrClF2N3O4. The van der Waals surface area contributed by atoms with Gasteiger partial charge in [0.2, 0.25) is 5.89 Å². The molecule has 0 saturated heterocycles. The molecule has 0 spiro atoms. The number of nitrogens with zero attached hydrogens (tertiary/aromatic N) is 3. The number of hydrogen-bond acceptors (Lipinski definition) is 6. The Balaban J connectivity index is 1.70. The fourth-order valence-electron chi connectivity index (χ4n) is 2.75. The van der Waals surface area contributed by atoms with E-state index in [1.54, 1.807) is 18.2 Å². The largest absolute Gasteiger partial charge is 0.506 e. The summed E-state index contributed by atoms with van der Waals surface area (Å²) in [5.41, 5.74) is 1.14. The first kappa shape index (κ1) is 20.9. The number of phenols is 1. The van der Waals surface area contributed by atoms with Crippen LogP contribution in [0.4, 0.5) is 20.2 Å². The third-order valence-electron chi connectivity index (χ3n) is 4.25. The summed E-state index contributed by atoms with van der Waals surface area (Å²) in [6.07, 6.45) is 1.27. The molecule has 0 amide bonds. The Morgan fingerprint density at radius 3 is 2.68 bits per heavy atom. The lowest BCUT2D eigenvalue weighted by atomic mass is 10.2. The van der Waals surface area contributed by atoms with Gasteiger partial charge in [-0.3, -0.25) is 15.1 Å². The van der Waals surface area contributed by atoms with Crippen molar-refractivity contribution >= 4 is 56.2 Å². The van der Waals surface area contributed by atoms with Crippen LogP contribution in [0.2, 0.25) is 5.02 Å². The SMILES string of the molecule is O=[N+]([O-])c1cc(Br)c(O)c(C=Nc2ccc3oc(-c4cc(F)c(F)cc4Cl)nc3c2)c1. The number of oxazole rings is 1. The maximum Gasteiger partial charge on any atom is 0.271 e. The molecule has 0 unspecified atom stereocenters. The third kappa shape index (κ3) is 4.12. The molecule has 1 heterocycles. The monoisotopic (exact) mass is 507 g/mol. The van der Waals surface area contributed by atoms with Crippen molar-refractivity contribution in [1.82, 2.24) is 4.98 Å². The van der Waals surface area contributed by atoms with E-state index in [1.807, 2.05) is 0 Å². The number of hydrogen-bond donors (Lipinski definition) is 1. The number of aromatic nitrogens is 1. The van der Waals surface area contributed by atoms with Crippen LogP contribution < -0.4 is 0 Å². The Labute approximate surface area is 185 Å². The molecular weight excluding hydrogens is 500 g/mol. The second kappa shape index (κ2) is 8.05. The van der Waals surface area contributed by atoms with E-state index in [0.717, 1.165) is 12.1 Å². The van der Waals surface area contributed by atoms with Gasteiger partial charge in [0.15, 0.2) is 17.2 Å². The number of non-ortho nitro benzene ring substituents is 1. The highest BCUT2D eigenvalue weighted by Crippen LogP contribution is 2.34. The second-order valence-corrected chi connectivity index (χ2v) is 7.56. The van der Waals surface area contributed by atoms with E-state index in [9.17, 15) is 24.0 Å². The maximum atomic E-state index is 13.6. The number of phenolic OH excluding ortho intramolecular Hbond substituents is 1. The molecule has 0 aliphatic heterocycles. The van der Waals surface area contributed by atoms with E-state index >= 15 is 0 Å². The molecule has 4 rings (SSSR count). The highest BCUT2D eigenvalue weighted by atomic mass is 79.9. The molecule has 0 aliphatic carbocycles. The summed E-state index contributed by atoms with van der Waals surface area (Å²) in [7, 11) is 0. The van der Waals surface area contributed by atoms with Crippen molar-refractivity contribution in [3.05, 3.63) is 79.3 Å². The summed E-state index contributed by atoms with van der Waals surface area (Å²) in [6.45, 7) is 0. The lowest BCUT2D eigenvalue weighted by molar-refractivity contribution is -0.385. The van der Waals surface area contributed by atoms with Crippen molar-refractivity contribution in [2.75, 3.05) is 0 Å². The van der Waals surface area contributed by atoms with Gasteiger partial charge in [-0.1, -0.05) is 11.6 Å². The minimum Gasteiger partial charge on any atom is -0.506 e. The molecule has 0 saturated carbocycles. The van der Waals surface area contributed by atoms with E-state index < -0.39 is 16.6 Å². The number of rotatable bonds is 4. The van der Waals surface area contributed by atoms with E-state index in [1.165, 1.54) is 18.3 Å². The van der Waals surface area contributed by atoms with Crippen molar-refractivity contribution in [2.24, 2.45) is 4.99 Å². The van der Waals surface area contributed by atoms with Crippen LogP contribution in [0.1, 0.15) is 5.56 Å². The number of halogens is 4. The number of aromatic hydroxyl groups is 1. The lowest BCUT2D eigenvalue weighted by Crippen LogP contribution is -1.91. The number of benzene rings is 3. The molecule has 0 atom stereocenters. The summed E-state index contributed by atoms with van der Waals surface area (Å²) >= 11 is 9.03. The highest BCUT2D eigenvalue weighted by Gasteiger charge is 2.16. The first-order valence-electron chi connectivity index (χ1n) is 8.49. The van der Waals surface area contributed by atoms with Crippen LogP contribution >= 0.6 is 27.5 Å². The van der Waals surface area contributed by atoms with E-state index in [-0.39, 0.29) is 37.9 Å². The average Bonchev–Trinajstić information content (AvgIpc) is 3.14. The summed E-state index contributed by atoms with van der Waals surface area (Å²) in [5.74, 6) is -2.38. The van der Waals surface area contributed by atoms with E-state index in [4.69, 9.17) is 16.0 Å². The molecule has 0 bridgehead atoms. The molecule has 0 radical (unpaired) electrons. The van der Waals surface area contributed by atoms with Gasteiger partial charge >= 0.3 is 0 Å². The number of nitro benzene ring substituents is 1. The molecule has 1 aromatic heterocycles. The van der Waals surface area contributed by atoms with Gasteiger partial charge in [0.25, 0.3) is 5.69 Å². The van der Waals surface area contributed by atoms with E-state index in [0.29, 0.717) is 16.8 Å². The first-order valence-corrected chi connectivity index (χ1v) is 9.66. The van der Waals surface area contributed by atoms with Crippen LogP contribution in [0.3, 0.4) is 0 Å². The standard InChI is InChI=1S/C20H9BrClF2N3O4/c21-13-5-11(27(29)30)3-9(19(13)28)8-25-10-1-2-18-17(4-10)26-20(31-18)12-6-15(23)16(24)7-14(12)22/h1-8,28H. The molecule has 0 fully saturated rings. The van der Waals surface area contributed by atoms with Crippen molar-refractivity contribution in [3.63, 3.8) is 0 Å². The van der Waals surface area contributed by atoms with Gasteiger partial charge in [-0.05, 0) is 46.3 Å². The van der Waals surface area contributed by atoms with Gasteiger partial charge in [-0.2, -0.15) is 0 Å². The predicted molar refractivity (Wildman–Crippen MR) is 114 cm³/mol. The zero-order valence-electron chi connectivity index (χ0n) is 15.1. The van der Waals surface area contributed by atoms with Crippen LogP contribution in [0.5, 0.6) is 5.75 Å². The molecule has 3 aromatic carbocycles. The van der Waals surface area contributed by atoms with Crippen LogP contribution in [-0.4, -0.2) is 21.2 Å². The van der Waals surface area contributed by atoms with Gasteiger partial charge in [0, 0.05) is 23.9 Å². The number of fused-ring (bicyclic) bond motifs is 1. The van der Waals surface area contributed by atoms with Gasteiger partial charge in [-0.15, -0.1) is 0 Å². The highest BCUT2D eigenvalue weighted by molar-refractivity contribution is 9.10. The Morgan fingerprint density at radius 1 is 1.19 bits per heavy atom. The Morgan fingerprint density at radius 2 is 1.94 bits per heavy atom. The summed E-state index contributed by atoms with van der Waals surface area (Å²) < 4.78 is 32.6. The zero-order chi connectivity index (χ0) is 22.3. The topological polar surface area (TPSA) is 102 Å². The predicted octanol–water partition coefficient (Wildman–Crippen LogP) is 6.55. The molecule has 31 heavy (non-hydrogen) atoms. The second-order valence-electron chi connectivity index (χ2n) is 6.30. The van der Waals surface area contributed by atoms with Crippen molar-refractivity contribution < 1.29 is 23.2 Å². The Bertz CT molecular complexity index is 1390. The van der Waals surface area contributed by atoms with Crippen LogP contribution in [0, 0.1) is 21.7 Å². The van der Waals surface area contributed by atoms with E-state index in [2.05, 4.69) is 25.9 Å². The quantitative estimate of drug-likeness (QED) is 0.146. The van der Waals surface area contributed by atoms with Gasteiger partial charge in [0.05, 0.1) is 25.7 Å². The first-order chi connectivity index (χ1) is 14.7. The van der Waals surface area contributed by atoms with Crippen molar-refractivity contribution in [3.8, 4) is 17.2 Å². The zero-order valence-corrected chi connectivity index (χ0v) is 17.5. The molecule has 11 heteroatoms. The minimum absolute atomic E-state index is 0.000267. The number of nitro groups is 1. The van der Waals surface area contributed by atoms with Crippen molar-refractivity contribution in [1.29, 1.82) is 0 Å². The molecule has 156 valence electrons. The summed E-state index contributed by atoms with van der Waals surface area (Å²) in [6, 6.07) is 8.79. The van der Waals surface area contributed by atoms with Crippen LogP contribution in [0.25, 0.3) is 22.6 Å². The minimum atomic E-state index is -1.09. The van der Waals surface area contributed by atoms with Gasteiger partial charge in [-0.25, -0.2) is 13.8 Å². The van der Waals surface area contributed by atoms with Crippen LogP contribution in [0.15, 0.2) is 56.3 Å². The van der Waals surface area contributed by atoms with Gasteiger partial charge in [0.1, 0.15) is 11.3 Å². The maximum absolute atomic E-state index is 13.6. The lowest BCUT2D eigenvalue weighted by Gasteiger charge is -2.02. The Kier molecular flexibility index (Phi) is 5.42. The van der Waals surface area contributed by atoms with Gasteiger partial charge < -0.3 is 9.52 Å². The molecule has 7 nitrogen and oxygen atoms in total. The fourth-order valence-corrected chi connectivity index (χ4v) is 3.45. The third-order valence-corrected chi connectivity index (χ3v) is 5.17. The molecule has 0 aliphatic rings. The fraction of sp³-hybridized carbons (Fsp3) is 0. The average molecular weight is 509 g/mol.